The SMILES string of the molecule is Cc1cc(-c2cc(C(=O)NC(C)c3ccc(S(N)(=O)=O)cc3)c3c(C)noc3n2)c(C)o1. The molecule has 0 fully saturated rings. The van der Waals surface area contributed by atoms with Gasteiger partial charge in [0.05, 0.1) is 33.3 Å². The second-order valence-corrected chi connectivity index (χ2v) is 9.20. The van der Waals surface area contributed by atoms with Gasteiger partial charge < -0.3 is 14.3 Å². The molecule has 0 aliphatic carbocycles. The summed E-state index contributed by atoms with van der Waals surface area (Å²) in [5, 5.41) is 12.6. The third-order valence-electron chi connectivity index (χ3n) is 5.23. The molecule has 0 aliphatic rings. The van der Waals surface area contributed by atoms with Crippen LogP contribution in [0.5, 0.6) is 0 Å². The molecule has 32 heavy (non-hydrogen) atoms. The number of furan rings is 1. The number of hydrogen-bond acceptors (Lipinski definition) is 7. The van der Waals surface area contributed by atoms with Crippen LogP contribution in [-0.2, 0) is 10.0 Å². The van der Waals surface area contributed by atoms with Crippen LogP contribution in [0.3, 0.4) is 0 Å². The lowest BCUT2D eigenvalue weighted by molar-refractivity contribution is 0.0941. The maximum Gasteiger partial charge on any atom is 0.259 e. The van der Waals surface area contributed by atoms with E-state index in [4.69, 9.17) is 14.1 Å². The molecule has 0 radical (unpaired) electrons. The highest BCUT2D eigenvalue weighted by Crippen LogP contribution is 2.30. The second kappa shape index (κ2) is 7.88. The number of nitrogens with zero attached hydrogens (tertiary/aromatic N) is 2. The number of aryl methyl sites for hydroxylation is 3. The van der Waals surface area contributed by atoms with E-state index in [1.54, 1.807) is 32.0 Å². The van der Waals surface area contributed by atoms with E-state index >= 15 is 0 Å². The molecule has 0 saturated heterocycles. The highest BCUT2D eigenvalue weighted by Gasteiger charge is 2.22. The molecule has 0 spiro atoms. The summed E-state index contributed by atoms with van der Waals surface area (Å²) in [6.45, 7) is 7.21. The number of sulfonamides is 1. The Kier molecular flexibility index (Phi) is 5.35. The zero-order valence-electron chi connectivity index (χ0n) is 18.0. The van der Waals surface area contributed by atoms with Crippen molar-refractivity contribution >= 4 is 27.0 Å². The van der Waals surface area contributed by atoms with Crippen LogP contribution < -0.4 is 10.5 Å². The Labute approximate surface area is 184 Å². The number of amides is 1. The van der Waals surface area contributed by atoms with Crippen LogP contribution in [0, 0.1) is 20.8 Å². The maximum atomic E-state index is 13.2. The molecule has 0 bridgehead atoms. The Morgan fingerprint density at radius 2 is 1.81 bits per heavy atom. The van der Waals surface area contributed by atoms with E-state index in [-0.39, 0.29) is 16.5 Å². The van der Waals surface area contributed by atoms with Crippen molar-refractivity contribution in [2.75, 3.05) is 0 Å². The molecule has 4 rings (SSSR count). The van der Waals surface area contributed by atoms with Crippen LogP contribution in [0.2, 0.25) is 0 Å². The van der Waals surface area contributed by atoms with Gasteiger partial charge in [0.25, 0.3) is 11.6 Å². The molecule has 1 atom stereocenters. The first-order chi connectivity index (χ1) is 15.0. The predicted octanol–water partition coefficient (Wildman–Crippen LogP) is 3.55. The zero-order valence-corrected chi connectivity index (χ0v) is 18.8. The standard InChI is InChI=1S/C22H22N4O5S/c1-11-9-17(14(4)30-11)19-10-18(20-13(3)26-31-22(20)25-19)21(27)24-12(2)15-5-7-16(8-6-15)32(23,28)29/h5-10,12H,1-4H3,(H,24,27)(H2,23,28,29). The normalized spacial score (nSPS) is 12.8. The molecule has 9 nitrogen and oxygen atoms in total. The summed E-state index contributed by atoms with van der Waals surface area (Å²) in [5.74, 6) is 1.07. The van der Waals surface area contributed by atoms with Gasteiger partial charge >= 0.3 is 0 Å². The van der Waals surface area contributed by atoms with E-state index < -0.39 is 16.1 Å². The van der Waals surface area contributed by atoms with Gasteiger partial charge in [-0.3, -0.25) is 4.79 Å². The Morgan fingerprint density at radius 1 is 1.12 bits per heavy atom. The minimum absolute atomic E-state index is 0.00568. The van der Waals surface area contributed by atoms with Gasteiger partial charge in [0, 0.05) is 5.56 Å². The fourth-order valence-electron chi connectivity index (χ4n) is 3.60. The number of nitrogens with one attached hydrogen (secondary N) is 1. The van der Waals surface area contributed by atoms with Crippen molar-refractivity contribution in [1.82, 2.24) is 15.5 Å². The third kappa shape index (κ3) is 4.02. The molecular formula is C22H22N4O5S. The number of benzene rings is 1. The van der Waals surface area contributed by atoms with Gasteiger partial charge in [-0.1, -0.05) is 17.3 Å². The molecular weight excluding hydrogens is 432 g/mol. The van der Waals surface area contributed by atoms with Crippen molar-refractivity contribution in [1.29, 1.82) is 0 Å². The van der Waals surface area contributed by atoms with E-state index in [0.29, 0.717) is 28.1 Å². The molecule has 1 amide bonds. The number of primary sulfonamides is 1. The minimum Gasteiger partial charge on any atom is -0.466 e. The van der Waals surface area contributed by atoms with Crippen molar-refractivity contribution in [3.8, 4) is 11.3 Å². The van der Waals surface area contributed by atoms with Crippen molar-refractivity contribution in [2.24, 2.45) is 5.14 Å². The van der Waals surface area contributed by atoms with E-state index in [1.165, 1.54) is 12.1 Å². The first kappa shape index (κ1) is 21.7. The number of hydrogen-bond donors (Lipinski definition) is 2. The Morgan fingerprint density at radius 3 is 2.41 bits per heavy atom. The summed E-state index contributed by atoms with van der Waals surface area (Å²) in [6, 6.07) is 9.18. The quantitative estimate of drug-likeness (QED) is 0.470. The summed E-state index contributed by atoms with van der Waals surface area (Å²) in [6.07, 6.45) is 0. The predicted molar refractivity (Wildman–Crippen MR) is 117 cm³/mol. The highest BCUT2D eigenvalue weighted by molar-refractivity contribution is 7.89. The first-order valence-electron chi connectivity index (χ1n) is 9.82. The van der Waals surface area contributed by atoms with Gasteiger partial charge in [-0.2, -0.15) is 0 Å². The lowest BCUT2D eigenvalue weighted by atomic mass is 10.0. The zero-order chi connectivity index (χ0) is 23.2. The van der Waals surface area contributed by atoms with Crippen molar-refractivity contribution in [2.45, 2.75) is 38.6 Å². The number of carbonyl (C=O) groups excluding carboxylic acids is 1. The fraction of sp³-hybridized carbons (Fsp3) is 0.227. The lowest BCUT2D eigenvalue weighted by Gasteiger charge is -2.15. The van der Waals surface area contributed by atoms with Crippen LogP contribution >= 0.6 is 0 Å². The topological polar surface area (TPSA) is 141 Å². The Hall–Kier alpha value is -3.50. The fourth-order valence-corrected chi connectivity index (χ4v) is 4.12. The van der Waals surface area contributed by atoms with Crippen LogP contribution in [-0.4, -0.2) is 24.5 Å². The number of nitrogens with two attached hydrogens (primary N) is 1. The van der Waals surface area contributed by atoms with Gasteiger partial charge in [0.1, 0.15) is 11.5 Å². The van der Waals surface area contributed by atoms with E-state index in [0.717, 1.165) is 16.9 Å². The van der Waals surface area contributed by atoms with Crippen LogP contribution in [0.25, 0.3) is 22.4 Å². The monoisotopic (exact) mass is 454 g/mol. The summed E-state index contributed by atoms with van der Waals surface area (Å²) in [7, 11) is -3.79. The molecule has 1 aromatic carbocycles. The average Bonchev–Trinajstić information content (AvgIpc) is 3.28. The molecule has 1 unspecified atom stereocenters. The number of pyridine rings is 1. The smallest absolute Gasteiger partial charge is 0.259 e. The van der Waals surface area contributed by atoms with Gasteiger partial charge in [-0.25, -0.2) is 18.5 Å². The van der Waals surface area contributed by atoms with E-state index in [9.17, 15) is 13.2 Å². The van der Waals surface area contributed by atoms with Crippen molar-refractivity contribution in [3.05, 3.63) is 64.7 Å². The first-order valence-corrected chi connectivity index (χ1v) is 11.4. The molecule has 3 heterocycles. The average molecular weight is 455 g/mol. The lowest BCUT2D eigenvalue weighted by Crippen LogP contribution is -2.27. The minimum atomic E-state index is -3.79. The number of aromatic nitrogens is 2. The number of carbonyl (C=O) groups is 1. The van der Waals surface area contributed by atoms with Gasteiger partial charge in [0.15, 0.2) is 0 Å². The van der Waals surface area contributed by atoms with Gasteiger partial charge in [0.2, 0.25) is 10.0 Å². The molecule has 166 valence electrons. The van der Waals surface area contributed by atoms with E-state index in [2.05, 4.69) is 15.5 Å². The molecule has 4 aromatic rings. The summed E-state index contributed by atoms with van der Waals surface area (Å²) < 4.78 is 33.9. The van der Waals surface area contributed by atoms with Crippen molar-refractivity contribution in [3.63, 3.8) is 0 Å². The number of fused-ring (bicyclic) bond motifs is 1. The van der Waals surface area contributed by atoms with Gasteiger partial charge in [-0.15, -0.1) is 0 Å². The Bertz CT molecular complexity index is 1440. The van der Waals surface area contributed by atoms with E-state index in [1.807, 2.05) is 19.9 Å². The van der Waals surface area contributed by atoms with Crippen molar-refractivity contribution < 1.29 is 22.2 Å². The Balaban J connectivity index is 1.70. The molecule has 0 saturated carbocycles. The molecule has 3 aromatic heterocycles. The summed E-state index contributed by atoms with van der Waals surface area (Å²) in [5.41, 5.74) is 3.20. The molecule has 3 N–H and O–H groups in total. The second-order valence-electron chi connectivity index (χ2n) is 7.64. The van der Waals surface area contributed by atoms with Gasteiger partial charge in [-0.05, 0) is 57.5 Å². The maximum absolute atomic E-state index is 13.2. The number of rotatable bonds is 5. The molecule has 10 heteroatoms. The third-order valence-corrected chi connectivity index (χ3v) is 6.16. The largest absolute Gasteiger partial charge is 0.466 e. The highest BCUT2D eigenvalue weighted by atomic mass is 32.2. The van der Waals surface area contributed by atoms with Crippen LogP contribution in [0.15, 0.2) is 50.2 Å². The van der Waals surface area contributed by atoms with Crippen LogP contribution in [0.1, 0.15) is 46.1 Å². The summed E-state index contributed by atoms with van der Waals surface area (Å²) >= 11 is 0. The molecule has 0 aliphatic heterocycles. The summed E-state index contributed by atoms with van der Waals surface area (Å²) in [4.78, 5) is 17.8. The van der Waals surface area contributed by atoms with Crippen LogP contribution in [0.4, 0.5) is 0 Å².